The number of hydrogen-bond acceptors (Lipinski definition) is 2. The van der Waals surface area contributed by atoms with Crippen molar-refractivity contribution in [2.75, 3.05) is 0 Å². The normalized spacial score (nSPS) is 11.9. The number of carbonyl (C=O) groups excluding carboxylic acids is 1. The van der Waals surface area contributed by atoms with Gasteiger partial charge in [-0.3, -0.25) is 4.79 Å². The van der Waals surface area contributed by atoms with Crippen molar-refractivity contribution < 1.29 is 9.18 Å². The molecular weight excluding hydrogens is 305 g/mol. The molecule has 1 unspecified atom stereocenters. The van der Waals surface area contributed by atoms with E-state index < -0.39 is 0 Å². The molecule has 0 bridgehead atoms. The highest BCUT2D eigenvalue weighted by molar-refractivity contribution is 5.79. The summed E-state index contributed by atoms with van der Waals surface area (Å²) in [5.41, 5.74) is 1.72. The molecule has 122 valence electrons. The van der Waals surface area contributed by atoms with Crippen LogP contribution >= 0.6 is 0 Å². The summed E-state index contributed by atoms with van der Waals surface area (Å²) in [7, 11) is 1.89. The Labute approximate surface area is 140 Å². The van der Waals surface area contributed by atoms with E-state index in [2.05, 4.69) is 10.3 Å². The van der Waals surface area contributed by atoms with Crippen molar-refractivity contribution in [3.63, 3.8) is 0 Å². The van der Waals surface area contributed by atoms with Crippen LogP contribution in [-0.4, -0.2) is 15.5 Å². The Morgan fingerprint density at radius 1 is 1.17 bits per heavy atom. The van der Waals surface area contributed by atoms with Crippen molar-refractivity contribution in [2.45, 2.75) is 12.5 Å². The maximum absolute atomic E-state index is 13.0. The smallest absolute Gasteiger partial charge is 0.225 e. The van der Waals surface area contributed by atoms with E-state index in [-0.39, 0.29) is 24.2 Å². The SMILES string of the molecule is Cn1ccnc1C(NC(=O)Cc1ccc(F)cc1)c1ccccc1. The van der Waals surface area contributed by atoms with Gasteiger partial charge in [-0.15, -0.1) is 0 Å². The number of carbonyl (C=O) groups is 1. The first kappa shape index (κ1) is 15.9. The zero-order valence-corrected chi connectivity index (χ0v) is 13.3. The number of amides is 1. The van der Waals surface area contributed by atoms with Crippen molar-refractivity contribution in [3.05, 3.63) is 89.8 Å². The molecule has 0 saturated carbocycles. The summed E-state index contributed by atoms with van der Waals surface area (Å²) in [4.78, 5) is 16.8. The first-order valence-corrected chi connectivity index (χ1v) is 7.69. The van der Waals surface area contributed by atoms with Crippen molar-refractivity contribution in [1.29, 1.82) is 0 Å². The Kier molecular flexibility index (Phi) is 4.70. The van der Waals surface area contributed by atoms with Crippen molar-refractivity contribution in [3.8, 4) is 0 Å². The summed E-state index contributed by atoms with van der Waals surface area (Å²) in [5, 5.41) is 3.02. The van der Waals surface area contributed by atoms with Gasteiger partial charge in [-0.1, -0.05) is 42.5 Å². The molecule has 0 spiro atoms. The second-order valence-corrected chi connectivity index (χ2v) is 5.61. The average molecular weight is 323 g/mol. The Morgan fingerprint density at radius 3 is 2.50 bits per heavy atom. The molecule has 24 heavy (non-hydrogen) atoms. The number of nitrogens with one attached hydrogen (secondary N) is 1. The summed E-state index contributed by atoms with van der Waals surface area (Å²) >= 11 is 0. The van der Waals surface area contributed by atoms with Gasteiger partial charge in [-0.2, -0.15) is 0 Å². The number of hydrogen-bond donors (Lipinski definition) is 1. The summed E-state index contributed by atoms with van der Waals surface area (Å²) < 4.78 is 14.9. The highest BCUT2D eigenvalue weighted by Crippen LogP contribution is 2.20. The van der Waals surface area contributed by atoms with Crippen LogP contribution in [0.5, 0.6) is 0 Å². The van der Waals surface area contributed by atoms with Gasteiger partial charge in [0.25, 0.3) is 0 Å². The largest absolute Gasteiger partial charge is 0.342 e. The van der Waals surface area contributed by atoms with Crippen molar-refractivity contribution in [1.82, 2.24) is 14.9 Å². The lowest BCUT2D eigenvalue weighted by atomic mass is 10.1. The fraction of sp³-hybridized carbons (Fsp3) is 0.158. The third kappa shape index (κ3) is 3.68. The van der Waals surface area contributed by atoms with Crippen LogP contribution in [-0.2, 0) is 18.3 Å². The molecular formula is C19H18FN3O. The van der Waals surface area contributed by atoms with E-state index in [1.54, 1.807) is 18.3 Å². The number of halogens is 1. The topological polar surface area (TPSA) is 46.9 Å². The van der Waals surface area contributed by atoms with E-state index in [9.17, 15) is 9.18 Å². The molecule has 3 aromatic rings. The van der Waals surface area contributed by atoms with Gasteiger partial charge < -0.3 is 9.88 Å². The standard InChI is InChI=1S/C19H18FN3O/c1-23-12-11-21-19(23)18(15-5-3-2-4-6-15)22-17(24)13-14-7-9-16(20)10-8-14/h2-12,18H,13H2,1H3,(H,22,24). The lowest BCUT2D eigenvalue weighted by Gasteiger charge is -2.19. The lowest BCUT2D eigenvalue weighted by molar-refractivity contribution is -0.121. The summed E-state index contributed by atoms with van der Waals surface area (Å²) in [6.07, 6.45) is 3.74. The van der Waals surface area contributed by atoms with E-state index in [0.29, 0.717) is 0 Å². The van der Waals surface area contributed by atoms with E-state index in [4.69, 9.17) is 0 Å². The van der Waals surface area contributed by atoms with Gasteiger partial charge in [0.15, 0.2) is 0 Å². The molecule has 2 aromatic carbocycles. The fourth-order valence-electron chi connectivity index (χ4n) is 2.60. The molecule has 0 saturated heterocycles. The molecule has 0 aliphatic heterocycles. The predicted octanol–water partition coefficient (Wildman–Crippen LogP) is 3.01. The fourth-order valence-corrected chi connectivity index (χ4v) is 2.60. The number of imidazole rings is 1. The minimum atomic E-state index is -0.334. The number of aryl methyl sites for hydroxylation is 1. The van der Waals surface area contributed by atoms with E-state index >= 15 is 0 Å². The average Bonchev–Trinajstić information content (AvgIpc) is 3.01. The van der Waals surface area contributed by atoms with Gasteiger partial charge in [0.05, 0.1) is 6.42 Å². The molecule has 0 radical (unpaired) electrons. The van der Waals surface area contributed by atoms with Crippen LogP contribution in [0.25, 0.3) is 0 Å². The van der Waals surface area contributed by atoms with Crippen LogP contribution in [0.2, 0.25) is 0 Å². The number of aromatic nitrogens is 2. The molecule has 0 aliphatic carbocycles. The number of benzene rings is 2. The van der Waals surface area contributed by atoms with Gasteiger partial charge in [0, 0.05) is 19.4 Å². The summed E-state index contributed by atoms with van der Waals surface area (Å²) in [6, 6.07) is 15.3. The molecule has 3 rings (SSSR count). The van der Waals surface area contributed by atoms with Gasteiger partial charge in [0.2, 0.25) is 5.91 Å². The zero-order valence-electron chi connectivity index (χ0n) is 13.3. The second-order valence-electron chi connectivity index (χ2n) is 5.61. The predicted molar refractivity (Wildman–Crippen MR) is 89.7 cm³/mol. The molecule has 1 atom stereocenters. The Hall–Kier alpha value is -2.95. The molecule has 1 heterocycles. The maximum Gasteiger partial charge on any atom is 0.225 e. The zero-order chi connectivity index (χ0) is 16.9. The molecule has 1 N–H and O–H groups in total. The second kappa shape index (κ2) is 7.08. The Bertz CT molecular complexity index is 812. The molecule has 5 heteroatoms. The summed E-state index contributed by atoms with van der Waals surface area (Å²) in [6.45, 7) is 0. The lowest BCUT2D eigenvalue weighted by Crippen LogP contribution is -2.32. The van der Waals surface area contributed by atoms with Crippen LogP contribution in [0.3, 0.4) is 0 Å². The highest BCUT2D eigenvalue weighted by Gasteiger charge is 2.20. The molecule has 1 amide bonds. The summed E-state index contributed by atoms with van der Waals surface area (Å²) in [5.74, 6) is 0.307. The van der Waals surface area contributed by atoms with Gasteiger partial charge in [-0.25, -0.2) is 9.37 Å². The third-order valence-corrected chi connectivity index (χ3v) is 3.83. The first-order chi connectivity index (χ1) is 11.6. The molecule has 0 aliphatic rings. The van der Waals surface area contributed by atoms with Crippen LogP contribution in [0, 0.1) is 5.82 Å². The van der Waals surface area contributed by atoms with Crippen LogP contribution in [0.4, 0.5) is 4.39 Å². The van der Waals surface area contributed by atoms with Gasteiger partial charge in [0.1, 0.15) is 17.7 Å². The number of nitrogens with zero attached hydrogens (tertiary/aromatic N) is 2. The van der Waals surface area contributed by atoms with Crippen molar-refractivity contribution >= 4 is 5.91 Å². The van der Waals surface area contributed by atoms with Crippen molar-refractivity contribution in [2.24, 2.45) is 7.05 Å². The van der Waals surface area contributed by atoms with Gasteiger partial charge >= 0.3 is 0 Å². The van der Waals surface area contributed by atoms with Gasteiger partial charge in [-0.05, 0) is 23.3 Å². The minimum absolute atomic E-state index is 0.140. The highest BCUT2D eigenvalue weighted by atomic mass is 19.1. The quantitative estimate of drug-likeness (QED) is 0.784. The molecule has 1 aromatic heterocycles. The van der Waals surface area contributed by atoms with E-state index in [1.807, 2.05) is 48.1 Å². The monoisotopic (exact) mass is 323 g/mol. The minimum Gasteiger partial charge on any atom is -0.342 e. The van der Waals surface area contributed by atoms with Crippen LogP contribution in [0.15, 0.2) is 67.0 Å². The molecule has 0 fully saturated rings. The number of rotatable bonds is 5. The Morgan fingerprint density at radius 2 is 1.88 bits per heavy atom. The van der Waals surface area contributed by atoms with Crippen LogP contribution < -0.4 is 5.32 Å². The molecule has 4 nitrogen and oxygen atoms in total. The third-order valence-electron chi connectivity index (χ3n) is 3.83. The Balaban J connectivity index is 1.80. The van der Waals surface area contributed by atoms with E-state index in [1.165, 1.54) is 12.1 Å². The van der Waals surface area contributed by atoms with Crippen LogP contribution in [0.1, 0.15) is 23.0 Å². The van der Waals surface area contributed by atoms with E-state index in [0.717, 1.165) is 17.0 Å². The first-order valence-electron chi connectivity index (χ1n) is 7.69. The maximum atomic E-state index is 13.0.